The Morgan fingerprint density at radius 1 is 0.925 bits per heavy atom. The topological polar surface area (TPSA) is 157 Å². The van der Waals surface area contributed by atoms with Crippen molar-refractivity contribution < 1.29 is 36.7 Å². The summed E-state index contributed by atoms with van der Waals surface area (Å²) >= 11 is -2.49. The predicted molar refractivity (Wildman–Crippen MR) is 210 cm³/mol. The minimum absolute atomic E-state index is 0.0191. The molecular weight excluding hydrogens is 713 g/mol. The molecule has 0 bridgehead atoms. The average molecular weight is 775 g/mol. The van der Waals surface area contributed by atoms with E-state index in [9.17, 15) is 32.6 Å². The van der Waals surface area contributed by atoms with E-state index in [4.69, 9.17) is 4.18 Å². The third-order valence-corrected chi connectivity index (χ3v) is 18.5. The number of rotatable bonds is 10. The molecule has 1 aromatic rings. The van der Waals surface area contributed by atoms with Crippen LogP contribution < -0.4 is 5.32 Å². The number of carbonyl (C=O) groups excluding carboxylic acids is 1. The molecule has 0 spiro atoms. The van der Waals surface area contributed by atoms with E-state index in [1.165, 1.54) is 5.57 Å². The molecule has 0 amide bonds. The van der Waals surface area contributed by atoms with E-state index in [-0.39, 0.29) is 51.4 Å². The molecule has 53 heavy (non-hydrogen) atoms. The number of benzene rings is 1. The molecule has 1 aliphatic heterocycles. The van der Waals surface area contributed by atoms with Gasteiger partial charge in [0.1, 0.15) is 6.61 Å². The van der Waals surface area contributed by atoms with Crippen molar-refractivity contribution in [3.8, 4) is 0 Å². The van der Waals surface area contributed by atoms with Crippen LogP contribution in [0.5, 0.6) is 0 Å². The van der Waals surface area contributed by atoms with Gasteiger partial charge in [0.2, 0.25) is 0 Å². The zero-order valence-corrected chi connectivity index (χ0v) is 33.9. The van der Waals surface area contributed by atoms with Crippen LogP contribution in [0.25, 0.3) is 5.57 Å². The van der Waals surface area contributed by atoms with Crippen molar-refractivity contribution in [3.05, 3.63) is 41.5 Å². The number of aromatic carboxylic acids is 1. The molecule has 5 N–H and O–H groups in total. The van der Waals surface area contributed by atoms with Gasteiger partial charge in [-0.1, -0.05) is 52.8 Å². The summed E-state index contributed by atoms with van der Waals surface area (Å²) in [6, 6.07) is 7.40. The van der Waals surface area contributed by atoms with Crippen LogP contribution in [0.2, 0.25) is 0 Å². The van der Waals surface area contributed by atoms with Gasteiger partial charge >= 0.3 is 17.3 Å². The highest BCUT2D eigenvalue weighted by Crippen LogP contribution is 2.76. The minimum Gasteiger partial charge on any atom is -0.478 e. The molecule has 7 rings (SSSR count). The summed E-state index contributed by atoms with van der Waals surface area (Å²) in [7, 11) is -2.45. The van der Waals surface area contributed by atoms with Crippen LogP contribution in [-0.2, 0) is 20.3 Å². The smallest absolute Gasteiger partial charge is 0.335 e. The number of ketones is 1. The number of nitrogens with one attached hydrogen (secondary N) is 1. The number of carboxylic acid groups (broad SMARTS) is 1. The zero-order valence-electron chi connectivity index (χ0n) is 32.3. The van der Waals surface area contributed by atoms with Gasteiger partial charge in [-0.05, 0) is 126 Å². The number of Topliss-reactive ketones (excluding diaryl/α,β-unsaturated/α-hetero) is 1. The molecule has 10 nitrogen and oxygen atoms in total. The standard InChI is InChI=1S/C41H62N2O8S2/c1-37(2)30(27-6-8-28(9-7-27)36(45)46)13-15-38(3)33(37)14-16-40(5)34(38)11-10-31-35-29(32(44)26-51-52(47)48)12-17-41(35,19-18-39(31,40)4)42-20-21-43-22-24-53(49,50)25-23-43/h6-9,13,29,31,33-35,42,49-50H,10-12,14-26H2,1-5H3,(H,45,46)(H,47,48)/t29-,31+,33-,34+,35+,38-,39+,40+,41-/m0/s1. The van der Waals surface area contributed by atoms with E-state index in [1.54, 1.807) is 12.1 Å². The van der Waals surface area contributed by atoms with E-state index in [2.05, 4.69) is 50.9 Å². The number of hydrogen-bond donors (Lipinski definition) is 5. The second kappa shape index (κ2) is 14.1. The zero-order chi connectivity index (χ0) is 38.2. The van der Waals surface area contributed by atoms with Crippen LogP contribution in [0.4, 0.5) is 0 Å². The fourth-order valence-corrected chi connectivity index (χ4v) is 15.3. The first kappa shape index (κ1) is 39.6. The van der Waals surface area contributed by atoms with E-state index in [0.29, 0.717) is 47.9 Å². The maximum absolute atomic E-state index is 13.9. The maximum Gasteiger partial charge on any atom is 0.335 e. The van der Waals surface area contributed by atoms with Crippen molar-refractivity contribution in [1.82, 2.24) is 10.2 Å². The number of nitrogens with zero attached hydrogens (tertiary/aromatic N) is 1. The summed E-state index contributed by atoms with van der Waals surface area (Å²) in [4.78, 5) is 27.8. The van der Waals surface area contributed by atoms with Gasteiger partial charge in [-0.15, -0.1) is 0 Å². The first-order valence-electron chi connectivity index (χ1n) is 19.9. The molecule has 1 saturated heterocycles. The highest BCUT2D eigenvalue weighted by Gasteiger charge is 2.70. The van der Waals surface area contributed by atoms with Gasteiger partial charge in [-0.25, -0.2) is 4.79 Å². The third kappa shape index (κ3) is 6.62. The third-order valence-electron chi connectivity index (χ3n) is 16.5. The van der Waals surface area contributed by atoms with Gasteiger partial charge < -0.3 is 10.4 Å². The Kier molecular flexibility index (Phi) is 10.5. The van der Waals surface area contributed by atoms with Crippen LogP contribution in [0, 0.1) is 51.2 Å². The highest BCUT2D eigenvalue weighted by atomic mass is 32.3. The van der Waals surface area contributed by atoms with Crippen LogP contribution in [0.1, 0.15) is 108 Å². The van der Waals surface area contributed by atoms with Crippen LogP contribution in [0.15, 0.2) is 30.3 Å². The van der Waals surface area contributed by atoms with Gasteiger partial charge in [0, 0.05) is 37.6 Å². The first-order valence-corrected chi connectivity index (χ1v) is 22.8. The molecule has 10 atom stereocenters. The van der Waals surface area contributed by atoms with E-state index in [0.717, 1.165) is 76.4 Å². The molecular formula is C41H62N2O8S2. The number of carbonyl (C=O) groups is 2. The maximum atomic E-state index is 13.9. The normalized spacial score (nSPS) is 41.5. The van der Waals surface area contributed by atoms with E-state index >= 15 is 0 Å². The highest BCUT2D eigenvalue weighted by molar-refractivity contribution is 8.24. The second-order valence-corrected chi connectivity index (χ2v) is 21.9. The minimum atomic E-state index is -2.49. The summed E-state index contributed by atoms with van der Waals surface area (Å²) in [6.45, 7) is 15.1. The van der Waals surface area contributed by atoms with Crippen molar-refractivity contribution >= 4 is 39.3 Å². The van der Waals surface area contributed by atoms with Crippen molar-refractivity contribution in [2.45, 2.75) is 97.9 Å². The van der Waals surface area contributed by atoms with Crippen LogP contribution in [0.3, 0.4) is 0 Å². The van der Waals surface area contributed by atoms with Crippen molar-refractivity contribution in [1.29, 1.82) is 0 Å². The van der Waals surface area contributed by atoms with Crippen molar-refractivity contribution in [2.75, 3.05) is 44.3 Å². The lowest BCUT2D eigenvalue weighted by Gasteiger charge is -2.72. The lowest BCUT2D eigenvalue weighted by molar-refractivity contribution is -0.220. The molecule has 1 heterocycles. The number of fused-ring (bicyclic) bond motifs is 7. The molecule has 5 aliphatic carbocycles. The average Bonchev–Trinajstić information content (AvgIpc) is 3.48. The predicted octanol–water partition coefficient (Wildman–Crippen LogP) is 7.59. The summed E-state index contributed by atoms with van der Waals surface area (Å²) < 4.78 is 46.1. The first-order chi connectivity index (χ1) is 24.9. The Morgan fingerprint density at radius 3 is 2.28 bits per heavy atom. The van der Waals surface area contributed by atoms with E-state index in [1.807, 2.05) is 12.1 Å². The SMILES string of the molecule is CC1(C)C(c2ccc(C(=O)O)cc2)=CC[C@]2(C)[C@H]3CC[C@@H]4[C@H]5[C@H](C(=O)COS(=O)O)CC[C@]5(NCCN5CCS(O)(O)CC5)CC[C@@]4(C)[C@]3(C)CC[C@@H]12. The lowest BCUT2D eigenvalue weighted by Crippen LogP contribution is -2.68. The fourth-order valence-electron chi connectivity index (χ4n) is 13.8. The number of hydrogen-bond acceptors (Lipinski definition) is 8. The Labute approximate surface area is 320 Å². The summed E-state index contributed by atoms with van der Waals surface area (Å²) in [6.07, 6.45) is 11.6. The number of carboxylic acids is 1. The monoisotopic (exact) mass is 774 g/mol. The lowest BCUT2D eigenvalue weighted by atomic mass is 9.33. The Morgan fingerprint density at radius 2 is 1.62 bits per heavy atom. The molecule has 4 saturated carbocycles. The largest absolute Gasteiger partial charge is 0.478 e. The van der Waals surface area contributed by atoms with Gasteiger partial charge in [0.05, 0.1) is 17.1 Å². The molecule has 0 aromatic heterocycles. The molecule has 1 aromatic carbocycles. The molecule has 1 unspecified atom stereocenters. The molecule has 0 radical (unpaired) electrons. The quantitative estimate of drug-likeness (QED) is 0.150. The fraction of sp³-hybridized carbons (Fsp3) is 0.756. The van der Waals surface area contributed by atoms with Crippen LogP contribution >= 0.6 is 10.6 Å². The van der Waals surface area contributed by atoms with E-state index < -0.39 is 27.9 Å². The molecule has 296 valence electrons. The van der Waals surface area contributed by atoms with Gasteiger partial charge in [0.25, 0.3) is 0 Å². The van der Waals surface area contributed by atoms with Gasteiger partial charge in [0.15, 0.2) is 5.78 Å². The van der Waals surface area contributed by atoms with Crippen molar-refractivity contribution in [3.63, 3.8) is 0 Å². The molecule has 6 aliphatic rings. The second-order valence-electron chi connectivity index (χ2n) is 18.8. The van der Waals surface area contributed by atoms with Gasteiger partial charge in [-0.2, -0.15) is 14.8 Å². The summed E-state index contributed by atoms with van der Waals surface area (Å²) in [5.74, 6) is 1.11. The Balaban J connectivity index is 1.16. The van der Waals surface area contributed by atoms with Crippen LogP contribution in [-0.4, -0.2) is 89.5 Å². The van der Waals surface area contributed by atoms with Gasteiger partial charge in [-0.3, -0.25) is 27.5 Å². The Hall–Kier alpha value is -1.64. The number of allylic oxidation sites excluding steroid dienone is 2. The molecule has 5 fully saturated rings. The Bertz CT molecular complexity index is 1640. The molecule has 12 heteroatoms. The van der Waals surface area contributed by atoms with Crippen molar-refractivity contribution in [2.24, 2.45) is 51.2 Å². The summed E-state index contributed by atoms with van der Waals surface area (Å²) in [5, 5.41) is 13.5. The summed E-state index contributed by atoms with van der Waals surface area (Å²) in [5.41, 5.74) is 2.68.